The van der Waals surface area contributed by atoms with Crippen molar-refractivity contribution in [3.05, 3.63) is 0 Å². The van der Waals surface area contributed by atoms with Crippen LogP contribution in [0.3, 0.4) is 0 Å². The van der Waals surface area contributed by atoms with Crippen molar-refractivity contribution < 1.29 is 14.3 Å². The number of nitrogens with one attached hydrogen (secondary N) is 1. The van der Waals surface area contributed by atoms with E-state index in [2.05, 4.69) is 5.32 Å². The van der Waals surface area contributed by atoms with Crippen LogP contribution in [0, 0.1) is 0 Å². The summed E-state index contributed by atoms with van der Waals surface area (Å²) >= 11 is 0. The van der Waals surface area contributed by atoms with Gasteiger partial charge in [-0.05, 0) is 25.7 Å². The van der Waals surface area contributed by atoms with Crippen molar-refractivity contribution in [2.24, 2.45) is 0 Å². The maximum Gasteiger partial charge on any atom is 0.248 e. The van der Waals surface area contributed by atoms with Crippen molar-refractivity contribution >= 4 is 18.3 Å². The molecule has 0 spiro atoms. The number of amides is 1. The van der Waals surface area contributed by atoms with Gasteiger partial charge in [0.05, 0.1) is 6.10 Å². The SMILES string of the molecule is Cl.O=C(CO[C@H]1CN[C@@H]2CCCO[C@H]12)N1CCCC1. The van der Waals surface area contributed by atoms with Crippen LogP contribution in [0.2, 0.25) is 0 Å². The first-order chi connectivity index (χ1) is 8.84. The van der Waals surface area contributed by atoms with Crippen LogP contribution in [0.4, 0.5) is 0 Å². The van der Waals surface area contributed by atoms with Gasteiger partial charge < -0.3 is 19.7 Å². The number of rotatable bonds is 3. The molecule has 0 bridgehead atoms. The Morgan fingerprint density at radius 1 is 1.32 bits per heavy atom. The van der Waals surface area contributed by atoms with E-state index >= 15 is 0 Å². The quantitative estimate of drug-likeness (QED) is 0.825. The average molecular weight is 291 g/mol. The van der Waals surface area contributed by atoms with Crippen LogP contribution in [0.5, 0.6) is 0 Å². The monoisotopic (exact) mass is 290 g/mol. The van der Waals surface area contributed by atoms with E-state index < -0.39 is 0 Å². The molecule has 0 aromatic heterocycles. The number of likely N-dealkylation sites (tertiary alicyclic amines) is 1. The van der Waals surface area contributed by atoms with Crippen molar-refractivity contribution in [3.8, 4) is 0 Å². The first-order valence-corrected chi connectivity index (χ1v) is 7.09. The summed E-state index contributed by atoms with van der Waals surface area (Å²) < 4.78 is 11.5. The van der Waals surface area contributed by atoms with Crippen molar-refractivity contribution in [1.29, 1.82) is 0 Å². The number of fused-ring (bicyclic) bond motifs is 1. The van der Waals surface area contributed by atoms with Gasteiger partial charge in [0.15, 0.2) is 0 Å². The molecule has 0 aromatic rings. The summed E-state index contributed by atoms with van der Waals surface area (Å²) in [5, 5.41) is 3.43. The van der Waals surface area contributed by atoms with Gasteiger partial charge in [0, 0.05) is 32.3 Å². The Morgan fingerprint density at radius 2 is 2.11 bits per heavy atom. The van der Waals surface area contributed by atoms with Crippen LogP contribution in [0.1, 0.15) is 25.7 Å². The van der Waals surface area contributed by atoms with Gasteiger partial charge >= 0.3 is 0 Å². The second-order valence-electron chi connectivity index (χ2n) is 5.43. The Labute approximate surface area is 120 Å². The lowest BCUT2D eigenvalue weighted by molar-refractivity contribution is -0.140. The van der Waals surface area contributed by atoms with Gasteiger partial charge in [-0.1, -0.05) is 0 Å². The number of carbonyl (C=O) groups is 1. The molecule has 3 aliphatic heterocycles. The first-order valence-electron chi connectivity index (χ1n) is 7.09. The number of hydrogen-bond donors (Lipinski definition) is 1. The number of carbonyl (C=O) groups excluding carboxylic acids is 1. The van der Waals surface area contributed by atoms with Crippen molar-refractivity contribution in [1.82, 2.24) is 10.2 Å². The normalized spacial score (nSPS) is 33.9. The molecular weight excluding hydrogens is 268 g/mol. The highest BCUT2D eigenvalue weighted by atomic mass is 35.5. The Hall–Kier alpha value is -0.360. The Morgan fingerprint density at radius 3 is 2.89 bits per heavy atom. The highest BCUT2D eigenvalue weighted by molar-refractivity contribution is 5.85. The molecule has 6 heteroatoms. The van der Waals surface area contributed by atoms with Crippen molar-refractivity contribution in [2.75, 3.05) is 32.8 Å². The van der Waals surface area contributed by atoms with Crippen LogP contribution < -0.4 is 5.32 Å². The summed E-state index contributed by atoms with van der Waals surface area (Å²) in [6, 6.07) is 0.422. The smallest absolute Gasteiger partial charge is 0.248 e. The summed E-state index contributed by atoms with van der Waals surface area (Å²) in [7, 11) is 0. The van der Waals surface area contributed by atoms with Crippen LogP contribution in [0.15, 0.2) is 0 Å². The highest BCUT2D eigenvalue weighted by Gasteiger charge is 2.39. The second-order valence-corrected chi connectivity index (χ2v) is 5.43. The molecule has 3 heterocycles. The third-order valence-corrected chi connectivity index (χ3v) is 4.19. The van der Waals surface area contributed by atoms with Gasteiger partial charge in [0.25, 0.3) is 0 Å². The van der Waals surface area contributed by atoms with Gasteiger partial charge in [-0.2, -0.15) is 0 Å². The standard InChI is InChI=1S/C13H22N2O3.ClH/c16-12(15-5-1-2-6-15)9-18-11-8-14-10-4-3-7-17-13(10)11;/h10-11,13-14H,1-9H2;1H/t10-,11+,13+;/m1./s1. The third-order valence-electron chi connectivity index (χ3n) is 4.19. The lowest BCUT2D eigenvalue weighted by atomic mass is 10.0. The van der Waals surface area contributed by atoms with E-state index in [9.17, 15) is 4.79 Å². The number of halogens is 1. The Kier molecular flexibility index (Phi) is 5.45. The molecule has 0 aliphatic carbocycles. The molecule has 0 radical (unpaired) electrons. The number of nitrogens with zero attached hydrogens (tertiary/aromatic N) is 1. The zero-order valence-corrected chi connectivity index (χ0v) is 12.0. The lowest BCUT2D eigenvalue weighted by Gasteiger charge is -2.28. The molecule has 0 aromatic carbocycles. The summed E-state index contributed by atoms with van der Waals surface area (Å²) in [6.45, 7) is 3.63. The van der Waals surface area contributed by atoms with Gasteiger partial charge in [-0.25, -0.2) is 0 Å². The topological polar surface area (TPSA) is 50.8 Å². The van der Waals surface area contributed by atoms with Gasteiger partial charge in [-0.3, -0.25) is 4.79 Å². The van der Waals surface area contributed by atoms with E-state index in [0.717, 1.165) is 51.9 Å². The molecule has 110 valence electrons. The van der Waals surface area contributed by atoms with Crippen LogP contribution in [-0.4, -0.2) is 61.9 Å². The second kappa shape index (κ2) is 6.88. The molecule has 3 rings (SSSR count). The summed E-state index contributed by atoms with van der Waals surface area (Å²) in [4.78, 5) is 13.8. The molecule has 3 fully saturated rings. The minimum Gasteiger partial charge on any atom is -0.374 e. The highest BCUT2D eigenvalue weighted by Crippen LogP contribution is 2.23. The summed E-state index contributed by atoms with van der Waals surface area (Å²) in [5.41, 5.74) is 0. The molecule has 0 saturated carbocycles. The van der Waals surface area contributed by atoms with E-state index in [0.29, 0.717) is 6.04 Å². The maximum absolute atomic E-state index is 11.9. The van der Waals surface area contributed by atoms with E-state index in [-0.39, 0.29) is 37.1 Å². The molecule has 3 atom stereocenters. The molecule has 1 amide bonds. The minimum atomic E-state index is 0. The van der Waals surface area contributed by atoms with E-state index in [4.69, 9.17) is 9.47 Å². The zero-order chi connectivity index (χ0) is 12.4. The van der Waals surface area contributed by atoms with Crippen molar-refractivity contribution in [2.45, 2.75) is 43.9 Å². The fourth-order valence-electron chi connectivity index (χ4n) is 3.16. The van der Waals surface area contributed by atoms with E-state index in [1.165, 1.54) is 0 Å². The van der Waals surface area contributed by atoms with Gasteiger partial charge in [-0.15, -0.1) is 12.4 Å². The first kappa shape index (κ1) is 15.0. The average Bonchev–Trinajstić information content (AvgIpc) is 3.06. The molecular formula is C13H23ClN2O3. The number of hydrogen-bond acceptors (Lipinski definition) is 4. The third kappa shape index (κ3) is 3.40. The van der Waals surface area contributed by atoms with Crippen LogP contribution in [0.25, 0.3) is 0 Å². The summed E-state index contributed by atoms with van der Waals surface area (Å²) in [5.74, 6) is 0.131. The lowest BCUT2D eigenvalue weighted by Crippen LogP contribution is -2.41. The van der Waals surface area contributed by atoms with Crippen molar-refractivity contribution in [3.63, 3.8) is 0 Å². The fraction of sp³-hybridized carbons (Fsp3) is 0.923. The molecule has 5 nitrogen and oxygen atoms in total. The predicted molar refractivity (Wildman–Crippen MR) is 73.6 cm³/mol. The largest absolute Gasteiger partial charge is 0.374 e. The van der Waals surface area contributed by atoms with E-state index in [1.54, 1.807) is 0 Å². The molecule has 1 N–H and O–H groups in total. The predicted octanol–water partition coefficient (Wildman–Crippen LogP) is 0.567. The minimum absolute atomic E-state index is 0. The molecule has 19 heavy (non-hydrogen) atoms. The van der Waals surface area contributed by atoms with Gasteiger partial charge in [0.1, 0.15) is 12.7 Å². The Balaban J connectivity index is 0.00000133. The maximum atomic E-state index is 11.9. The Bertz CT molecular complexity index is 310. The fourth-order valence-corrected chi connectivity index (χ4v) is 3.16. The molecule has 3 aliphatic rings. The van der Waals surface area contributed by atoms with Crippen LogP contribution >= 0.6 is 12.4 Å². The van der Waals surface area contributed by atoms with E-state index in [1.807, 2.05) is 4.90 Å². The molecule has 0 unspecified atom stereocenters. The molecule has 3 saturated heterocycles. The zero-order valence-electron chi connectivity index (χ0n) is 11.2. The number of ether oxygens (including phenoxy) is 2. The van der Waals surface area contributed by atoms with Gasteiger partial charge in [0.2, 0.25) is 5.91 Å². The summed E-state index contributed by atoms with van der Waals surface area (Å²) in [6.07, 6.45) is 4.72. The van der Waals surface area contributed by atoms with Crippen LogP contribution in [-0.2, 0) is 14.3 Å².